The van der Waals surface area contributed by atoms with Gasteiger partial charge in [0.1, 0.15) is 17.6 Å². The van der Waals surface area contributed by atoms with Crippen LogP contribution in [0.2, 0.25) is 0 Å². The fourth-order valence-electron chi connectivity index (χ4n) is 2.95. The van der Waals surface area contributed by atoms with Gasteiger partial charge in [-0.3, -0.25) is 14.4 Å². The number of nitrogens with one attached hydrogen (secondary N) is 1. The van der Waals surface area contributed by atoms with Crippen LogP contribution in [-0.2, 0) is 6.54 Å². The standard InChI is InChI=1S/C19H14N4O4/c1-27-13-5-2-11(3-6-13)9-23-17-16(21-22-23)19(26)20-15-8-12(10-24)4-7-14(15)18(17)25/h2-8,10H,9H2,1H3,(H,20,26). The number of aldehydes is 1. The number of nitrogens with zero attached hydrogens (tertiary/aromatic N) is 3. The summed E-state index contributed by atoms with van der Waals surface area (Å²) in [5.74, 6) is 0.714. The molecule has 1 N–H and O–H groups in total. The number of aromatic amines is 1. The van der Waals surface area contributed by atoms with Gasteiger partial charge in [0.2, 0.25) is 5.43 Å². The summed E-state index contributed by atoms with van der Waals surface area (Å²) < 4.78 is 6.54. The molecule has 2 heterocycles. The van der Waals surface area contributed by atoms with Crippen molar-refractivity contribution >= 4 is 28.2 Å². The molecule has 0 aliphatic carbocycles. The number of ether oxygens (including phenoxy) is 1. The van der Waals surface area contributed by atoms with E-state index in [0.717, 1.165) is 5.56 Å². The second-order valence-electron chi connectivity index (χ2n) is 6.00. The van der Waals surface area contributed by atoms with E-state index in [1.807, 2.05) is 12.1 Å². The van der Waals surface area contributed by atoms with Crippen LogP contribution in [-0.4, -0.2) is 33.4 Å². The number of fused-ring (bicyclic) bond motifs is 2. The number of aromatic nitrogens is 4. The quantitative estimate of drug-likeness (QED) is 0.552. The fraction of sp³-hybridized carbons (Fsp3) is 0.105. The van der Waals surface area contributed by atoms with Crippen LogP contribution >= 0.6 is 0 Å². The summed E-state index contributed by atoms with van der Waals surface area (Å²) in [7, 11) is 1.58. The molecule has 2 aromatic carbocycles. The number of H-pyrrole nitrogens is 1. The summed E-state index contributed by atoms with van der Waals surface area (Å²) in [5, 5.41) is 8.16. The molecule has 0 fully saturated rings. The third kappa shape index (κ3) is 2.86. The highest BCUT2D eigenvalue weighted by atomic mass is 16.5. The van der Waals surface area contributed by atoms with Gasteiger partial charge in [-0.25, -0.2) is 4.68 Å². The van der Waals surface area contributed by atoms with E-state index in [9.17, 15) is 14.4 Å². The number of methoxy groups -OCH3 is 1. The molecule has 4 aromatic rings. The van der Waals surface area contributed by atoms with E-state index in [0.29, 0.717) is 17.6 Å². The lowest BCUT2D eigenvalue weighted by atomic mass is 10.1. The summed E-state index contributed by atoms with van der Waals surface area (Å²) in [5.41, 5.74) is 0.662. The molecule has 0 atom stereocenters. The van der Waals surface area contributed by atoms with E-state index >= 15 is 0 Å². The number of hydrogen-bond acceptors (Lipinski definition) is 6. The third-order valence-electron chi connectivity index (χ3n) is 4.33. The van der Waals surface area contributed by atoms with Crippen molar-refractivity contribution in [3.8, 4) is 5.75 Å². The molecule has 0 bridgehead atoms. The highest BCUT2D eigenvalue weighted by Crippen LogP contribution is 2.14. The molecule has 0 unspecified atom stereocenters. The van der Waals surface area contributed by atoms with Gasteiger partial charge in [0.25, 0.3) is 5.56 Å². The molecule has 0 saturated heterocycles. The maximum Gasteiger partial charge on any atom is 0.278 e. The van der Waals surface area contributed by atoms with Crippen LogP contribution in [0, 0.1) is 0 Å². The number of carbonyl (C=O) groups is 1. The van der Waals surface area contributed by atoms with Gasteiger partial charge in [-0.1, -0.05) is 23.4 Å². The monoisotopic (exact) mass is 362 g/mol. The van der Waals surface area contributed by atoms with E-state index < -0.39 is 5.56 Å². The predicted molar refractivity (Wildman–Crippen MR) is 99.4 cm³/mol. The van der Waals surface area contributed by atoms with Crippen molar-refractivity contribution in [2.45, 2.75) is 6.54 Å². The second kappa shape index (κ2) is 6.49. The predicted octanol–water partition coefficient (Wildman–Crippen LogP) is 1.50. The number of benzene rings is 2. The topological polar surface area (TPSA) is 107 Å². The van der Waals surface area contributed by atoms with Crippen molar-refractivity contribution in [3.05, 3.63) is 74.2 Å². The summed E-state index contributed by atoms with van der Waals surface area (Å²) in [6.45, 7) is 0.271. The SMILES string of the molecule is COc1ccc(Cn2nnc3c(=O)[nH]c4cc(C=O)ccc4c(=O)c32)cc1. The smallest absolute Gasteiger partial charge is 0.278 e. The van der Waals surface area contributed by atoms with Crippen LogP contribution in [0.5, 0.6) is 5.75 Å². The Morgan fingerprint density at radius 2 is 1.93 bits per heavy atom. The molecule has 8 heteroatoms. The molecule has 2 aromatic heterocycles. The van der Waals surface area contributed by atoms with Crippen molar-refractivity contribution in [2.24, 2.45) is 0 Å². The van der Waals surface area contributed by atoms with Gasteiger partial charge >= 0.3 is 0 Å². The van der Waals surface area contributed by atoms with Gasteiger partial charge in [-0.15, -0.1) is 5.10 Å². The number of rotatable bonds is 4. The Morgan fingerprint density at radius 1 is 1.15 bits per heavy atom. The fourth-order valence-corrected chi connectivity index (χ4v) is 2.95. The molecular formula is C19H14N4O4. The Bertz CT molecular complexity index is 1290. The Balaban J connectivity index is 1.95. The van der Waals surface area contributed by atoms with Crippen LogP contribution in [0.15, 0.2) is 52.1 Å². The molecular weight excluding hydrogens is 348 g/mol. The normalized spacial score (nSPS) is 11.0. The largest absolute Gasteiger partial charge is 0.497 e. The zero-order valence-electron chi connectivity index (χ0n) is 14.3. The zero-order valence-corrected chi connectivity index (χ0v) is 14.3. The minimum absolute atomic E-state index is 0.0441. The first-order chi connectivity index (χ1) is 13.1. The molecule has 27 heavy (non-hydrogen) atoms. The van der Waals surface area contributed by atoms with Crippen LogP contribution in [0.1, 0.15) is 15.9 Å². The van der Waals surface area contributed by atoms with Gasteiger partial charge in [0.15, 0.2) is 5.52 Å². The molecule has 0 aliphatic heterocycles. The van der Waals surface area contributed by atoms with Crippen LogP contribution in [0.4, 0.5) is 0 Å². The molecule has 0 spiro atoms. The molecule has 8 nitrogen and oxygen atoms in total. The summed E-state index contributed by atoms with van der Waals surface area (Å²) in [6.07, 6.45) is 0.651. The summed E-state index contributed by atoms with van der Waals surface area (Å²) in [4.78, 5) is 39.1. The van der Waals surface area contributed by atoms with Crippen molar-refractivity contribution in [1.82, 2.24) is 20.0 Å². The molecule has 0 amide bonds. The second-order valence-corrected chi connectivity index (χ2v) is 6.00. The average molecular weight is 362 g/mol. The lowest BCUT2D eigenvalue weighted by Gasteiger charge is -2.03. The first-order valence-corrected chi connectivity index (χ1v) is 8.12. The van der Waals surface area contributed by atoms with E-state index in [2.05, 4.69) is 15.3 Å². The van der Waals surface area contributed by atoms with Crippen LogP contribution in [0.3, 0.4) is 0 Å². The zero-order chi connectivity index (χ0) is 19.0. The van der Waals surface area contributed by atoms with Gasteiger partial charge in [0, 0.05) is 10.9 Å². The first kappa shape index (κ1) is 16.6. The molecule has 0 saturated carbocycles. The van der Waals surface area contributed by atoms with Crippen molar-refractivity contribution < 1.29 is 9.53 Å². The van der Waals surface area contributed by atoms with E-state index in [1.54, 1.807) is 19.2 Å². The maximum atomic E-state index is 13.0. The minimum Gasteiger partial charge on any atom is -0.497 e. The lowest BCUT2D eigenvalue weighted by Crippen LogP contribution is -2.10. The molecule has 0 aliphatic rings. The van der Waals surface area contributed by atoms with Gasteiger partial charge < -0.3 is 9.72 Å². The van der Waals surface area contributed by atoms with E-state index in [4.69, 9.17) is 4.74 Å². The van der Waals surface area contributed by atoms with Gasteiger partial charge in [-0.05, 0) is 29.8 Å². The lowest BCUT2D eigenvalue weighted by molar-refractivity contribution is 0.112. The van der Waals surface area contributed by atoms with E-state index in [1.165, 1.54) is 22.9 Å². The van der Waals surface area contributed by atoms with Crippen molar-refractivity contribution in [3.63, 3.8) is 0 Å². The highest BCUT2D eigenvalue weighted by Gasteiger charge is 2.14. The Hall–Kier alpha value is -3.81. The Labute approximate surface area is 152 Å². The maximum absolute atomic E-state index is 13.0. The van der Waals surface area contributed by atoms with Crippen LogP contribution < -0.4 is 15.7 Å². The molecule has 134 valence electrons. The Kier molecular flexibility index (Phi) is 4.00. The third-order valence-corrected chi connectivity index (χ3v) is 4.33. The summed E-state index contributed by atoms with van der Waals surface area (Å²) in [6, 6.07) is 11.8. The Morgan fingerprint density at radius 3 is 2.63 bits per heavy atom. The molecule has 0 radical (unpaired) electrons. The van der Waals surface area contributed by atoms with Gasteiger partial charge in [-0.2, -0.15) is 0 Å². The van der Waals surface area contributed by atoms with Crippen molar-refractivity contribution in [2.75, 3.05) is 7.11 Å². The minimum atomic E-state index is -0.541. The van der Waals surface area contributed by atoms with Gasteiger partial charge in [0.05, 0.1) is 19.2 Å². The molecule has 4 rings (SSSR count). The number of carbonyl (C=O) groups excluding carboxylic acids is 1. The van der Waals surface area contributed by atoms with Crippen LogP contribution in [0.25, 0.3) is 21.9 Å². The number of hydrogen-bond donors (Lipinski definition) is 1. The van der Waals surface area contributed by atoms with E-state index in [-0.39, 0.29) is 33.9 Å². The average Bonchev–Trinajstić information content (AvgIpc) is 3.07. The summed E-state index contributed by atoms with van der Waals surface area (Å²) >= 11 is 0. The van der Waals surface area contributed by atoms with Crippen molar-refractivity contribution in [1.29, 1.82) is 0 Å². The first-order valence-electron chi connectivity index (χ1n) is 8.12. The highest BCUT2D eigenvalue weighted by molar-refractivity contribution is 5.90.